The summed E-state index contributed by atoms with van der Waals surface area (Å²) in [6.45, 7) is 8.78. The van der Waals surface area contributed by atoms with Crippen molar-refractivity contribution in [3.63, 3.8) is 0 Å². The fourth-order valence-corrected chi connectivity index (χ4v) is 5.26. The van der Waals surface area contributed by atoms with Gasteiger partial charge < -0.3 is 15.4 Å². The molecule has 7 heteroatoms. The molecule has 3 aliphatic heterocycles. The molecule has 0 spiro atoms. The Morgan fingerprint density at radius 1 is 1.19 bits per heavy atom. The van der Waals surface area contributed by atoms with Gasteiger partial charge in [0.2, 0.25) is 0 Å². The molecule has 1 aliphatic carbocycles. The van der Waals surface area contributed by atoms with Crippen LogP contribution in [0.5, 0.6) is 0 Å². The third kappa shape index (κ3) is 5.08. The number of halogens is 1. The van der Waals surface area contributed by atoms with Gasteiger partial charge in [0.25, 0.3) is 0 Å². The molecule has 2 N–H and O–H groups in total. The van der Waals surface area contributed by atoms with Gasteiger partial charge >= 0.3 is 0 Å². The summed E-state index contributed by atoms with van der Waals surface area (Å²) in [5.41, 5.74) is 0.245. The van der Waals surface area contributed by atoms with Crippen molar-refractivity contribution in [2.75, 3.05) is 46.4 Å². The molecule has 3 saturated heterocycles. The predicted molar refractivity (Wildman–Crippen MR) is 121 cm³/mol. The number of hydrogen-bond acceptors (Lipinski definition) is 4. The second-order valence-electron chi connectivity index (χ2n) is 8.81. The van der Waals surface area contributed by atoms with Crippen LogP contribution >= 0.6 is 24.0 Å². The molecule has 4 rings (SSSR count). The first-order valence-corrected chi connectivity index (χ1v) is 10.8. The molecule has 156 valence electrons. The highest BCUT2D eigenvalue weighted by atomic mass is 127. The summed E-state index contributed by atoms with van der Waals surface area (Å²) in [7, 11) is 1.90. The number of hydrogen-bond donors (Lipinski definition) is 2. The first kappa shape index (κ1) is 21.6. The van der Waals surface area contributed by atoms with E-state index in [2.05, 4.69) is 32.3 Å². The van der Waals surface area contributed by atoms with E-state index in [4.69, 9.17) is 4.74 Å². The molecule has 0 aromatic carbocycles. The Balaban J connectivity index is 0.00000210. The highest BCUT2D eigenvalue weighted by Crippen LogP contribution is 2.33. The normalized spacial score (nSPS) is 32.3. The molecule has 0 bridgehead atoms. The molecule has 0 aromatic rings. The molecule has 0 amide bonds. The molecule has 1 saturated carbocycles. The SMILES string of the molecule is CN=C(NCC1(N2CCCC2)CCOCC1)NC1CC(C)N(C2CC2)C1.I. The Labute approximate surface area is 181 Å². The topological polar surface area (TPSA) is 52.1 Å². The predicted octanol–water partition coefficient (Wildman–Crippen LogP) is 2.04. The molecule has 0 radical (unpaired) electrons. The Morgan fingerprint density at radius 2 is 1.89 bits per heavy atom. The van der Waals surface area contributed by atoms with Gasteiger partial charge in [-0.05, 0) is 65.0 Å². The molecular formula is C20H38IN5O. The van der Waals surface area contributed by atoms with E-state index in [-0.39, 0.29) is 29.5 Å². The average molecular weight is 491 g/mol. The highest BCUT2D eigenvalue weighted by molar-refractivity contribution is 14.0. The van der Waals surface area contributed by atoms with Crippen molar-refractivity contribution in [1.29, 1.82) is 0 Å². The fraction of sp³-hybridized carbons (Fsp3) is 0.950. The highest BCUT2D eigenvalue weighted by Gasteiger charge is 2.41. The van der Waals surface area contributed by atoms with Crippen LogP contribution in [-0.4, -0.2) is 85.9 Å². The van der Waals surface area contributed by atoms with E-state index in [1.165, 1.54) is 45.2 Å². The zero-order chi connectivity index (χ0) is 18.0. The van der Waals surface area contributed by atoms with Gasteiger partial charge in [-0.1, -0.05) is 0 Å². The molecule has 3 heterocycles. The monoisotopic (exact) mass is 491 g/mol. The average Bonchev–Trinajstić information content (AvgIpc) is 3.21. The Kier molecular flexibility index (Phi) is 7.66. The number of ether oxygens (including phenoxy) is 1. The van der Waals surface area contributed by atoms with Gasteiger partial charge in [-0.3, -0.25) is 14.8 Å². The lowest BCUT2D eigenvalue weighted by atomic mass is 9.88. The number of nitrogens with zero attached hydrogens (tertiary/aromatic N) is 3. The van der Waals surface area contributed by atoms with Crippen LogP contribution in [0.15, 0.2) is 4.99 Å². The lowest BCUT2D eigenvalue weighted by molar-refractivity contribution is -0.0164. The summed E-state index contributed by atoms with van der Waals surface area (Å²) in [6.07, 6.45) is 8.95. The first-order valence-electron chi connectivity index (χ1n) is 10.8. The van der Waals surface area contributed by atoms with Gasteiger partial charge in [0.1, 0.15) is 0 Å². The second-order valence-corrected chi connectivity index (χ2v) is 8.81. The van der Waals surface area contributed by atoms with Crippen LogP contribution in [0.2, 0.25) is 0 Å². The third-order valence-corrected chi connectivity index (χ3v) is 6.99. The molecule has 27 heavy (non-hydrogen) atoms. The summed E-state index contributed by atoms with van der Waals surface area (Å²) in [4.78, 5) is 9.93. The van der Waals surface area contributed by atoms with Crippen LogP contribution in [0.3, 0.4) is 0 Å². The summed E-state index contributed by atoms with van der Waals surface area (Å²) in [6, 6.07) is 2.08. The molecule has 6 nitrogen and oxygen atoms in total. The maximum absolute atomic E-state index is 5.67. The van der Waals surface area contributed by atoms with Crippen LogP contribution in [0.1, 0.15) is 51.9 Å². The zero-order valence-electron chi connectivity index (χ0n) is 17.1. The lowest BCUT2D eigenvalue weighted by Gasteiger charge is -2.45. The van der Waals surface area contributed by atoms with Gasteiger partial charge in [0.05, 0.1) is 0 Å². The maximum Gasteiger partial charge on any atom is 0.191 e. The molecule has 4 fully saturated rings. The standard InChI is InChI=1S/C20H37N5O.HI/c1-16-13-17(14-25(16)18-5-6-18)23-19(21-2)22-15-20(7-11-26-12-8-20)24-9-3-4-10-24;/h16-18H,3-15H2,1-2H3,(H2,21,22,23);1H. The number of likely N-dealkylation sites (tertiary alicyclic amines) is 2. The van der Waals surface area contributed by atoms with E-state index in [0.29, 0.717) is 12.1 Å². The van der Waals surface area contributed by atoms with Gasteiger partial charge in [-0.2, -0.15) is 0 Å². The minimum Gasteiger partial charge on any atom is -0.381 e. The van der Waals surface area contributed by atoms with Crippen molar-refractivity contribution >= 4 is 29.9 Å². The smallest absolute Gasteiger partial charge is 0.191 e. The first-order chi connectivity index (χ1) is 12.7. The molecule has 2 atom stereocenters. The minimum atomic E-state index is 0. The quantitative estimate of drug-likeness (QED) is 0.350. The van der Waals surface area contributed by atoms with Crippen LogP contribution < -0.4 is 10.6 Å². The van der Waals surface area contributed by atoms with E-state index >= 15 is 0 Å². The Bertz CT molecular complexity index is 501. The summed E-state index contributed by atoms with van der Waals surface area (Å²) in [5.74, 6) is 0.977. The van der Waals surface area contributed by atoms with Crippen molar-refractivity contribution in [2.45, 2.75) is 75.5 Å². The van der Waals surface area contributed by atoms with Crippen LogP contribution in [0, 0.1) is 0 Å². The van der Waals surface area contributed by atoms with Gasteiger partial charge in [0.15, 0.2) is 5.96 Å². The third-order valence-electron chi connectivity index (χ3n) is 6.99. The number of aliphatic imine (C=N–C) groups is 1. The van der Waals surface area contributed by atoms with E-state index < -0.39 is 0 Å². The van der Waals surface area contributed by atoms with Gasteiger partial charge in [0, 0.05) is 57.0 Å². The van der Waals surface area contributed by atoms with E-state index in [0.717, 1.165) is 51.1 Å². The number of nitrogens with one attached hydrogen (secondary N) is 2. The van der Waals surface area contributed by atoms with Gasteiger partial charge in [-0.25, -0.2) is 0 Å². The van der Waals surface area contributed by atoms with Crippen molar-refractivity contribution in [3.8, 4) is 0 Å². The fourth-order valence-electron chi connectivity index (χ4n) is 5.26. The molecule has 2 unspecified atom stereocenters. The van der Waals surface area contributed by atoms with E-state index in [1.54, 1.807) is 0 Å². The van der Waals surface area contributed by atoms with E-state index in [9.17, 15) is 0 Å². The van der Waals surface area contributed by atoms with Crippen molar-refractivity contribution in [2.24, 2.45) is 4.99 Å². The summed E-state index contributed by atoms with van der Waals surface area (Å²) >= 11 is 0. The van der Waals surface area contributed by atoms with Crippen molar-refractivity contribution in [3.05, 3.63) is 0 Å². The minimum absolute atomic E-state index is 0. The summed E-state index contributed by atoms with van der Waals surface area (Å²) < 4.78 is 5.67. The zero-order valence-corrected chi connectivity index (χ0v) is 19.4. The molecule has 4 aliphatic rings. The summed E-state index contributed by atoms with van der Waals surface area (Å²) in [5, 5.41) is 7.38. The second kappa shape index (κ2) is 9.59. The number of guanidine groups is 1. The Hall–Kier alpha value is -0.120. The van der Waals surface area contributed by atoms with Crippen LogP contribution in [-0.2, 0) is 4.74 Å². The molecular weight excluding hydrogens is 453 g/mol. The largest absolute Gasteiger partial charge is 0.381 e. The van der Waals surface area contributed by atoms with E-state index in [1.807, 2.05) is 7.05 Å². The molecule has 0 aromatic heterocycles. The van der Waals surface area contributed by atoms with Crippen molar-refractivity contribution in [1.82, 2.24) is 20.4 Å². The lowest BCUT2D eigenvalue weighted by Crippen LogP contribution is -2.59. The van der Waals surface area contributed by atoms with Crippen LogP contribution in [0.4, 0.5) is 0 Å². The number of rotatable bonds is 5. The maximum atomic E-state index is 5.67. The van der Waals surface area contributed by atoms with Gasteiger partial charge in [-0.15, -0.1) is 24.0 Å². The Morgan fingerprint density at radius 3 is 2.52 bits per heavy atom. The van der Waals surface area contributed by atoms with Crippen molar-refractivity contribution < 1.29 is 4.74 Å². The van der Waals surface area contributed by atoms with Crippen LogP contribution in [0.25, 0.3) is 0 Å².